The van der Waals surface area contributed by atoms with E-state index >= 15 is 0 Å². The summed E-state index contributed by atoms with van der Waals surface area (Å²) in [6.45, 7) is 5.44. The molecule has 0 spiro atoms. The van der Waals surface area contributed by atoms with Crippen molar-refractivity contribution in [2.45, 2.75) is 32.2 Å². The Morgan fingerprint density at radius 2 is 2.04 bits per heavy atom. The fourth-order valence-corrected chi connectivity index (χ4v) is 3.22. The molecule has 0 radical (unpaired) electrons. The molecule has 0 bridgehead atoms. The Kier molecular flexibility index (Phi) is 5.18. The van der Waals surface area contributed by atoms with Crippen LogP contribution in [0.15, 0.2) is 36.8 Å². The van der Waals surface area contributed by atoms with Crippen LogP contribution in [0.5, 0.6) is 0 Å². The van der Waals surface area contributed by atoms with Crippen molar-refractivity contribution in [2.75, 3.05) is 31.6 Å². The first-order chi connectivity index (χ1) is 11.2. The third-order valence-corrected chi connectivity index (χ3v) is 4.66. The minimum Gasteiger partial charge on any atom is -0.356 e. The van der Waals surface area contributed by atoms with Crippen molar-refractivity contribution in [2.24, 2.45) is 0 Å². The van der Waals surface area contributed by atoms with Crippen LogP contribution >= 0.6 is 0 Å². The van der Waals surface area contributed by atoms with E-state index < -0.39 is 0 Å². The number of nitrogens with zero attached hydrogens (tertiary/aromatic N) is 5. The highest BCUT2D eigenvalue weighted by atomic mass is 15.2. The second kappa shape index (κ2) is 7.51. The van der Waals surface area contributed by atoms with Crippen molar-refractivity contribution in [1.29, 1.82) is 0 Å². The summed E-state index contributed by atoms with van der Waals surface area (Å²) >= 11 is 0. The zero-order valence-corrected chi connectivity index (χ0v) is 14.0. The normalized spacial score (nSPS) is 16.4. The molecular weight excluding hydrogens is 286 g/mol. The van der Waals surface area contributed by atoms with Gasteiger partial charge in [0, 0.05) is 56.7 Å². The molecule has 2 aromatic rings. The Labute approximate surface area is 138 Å². The van der Waals surface area contributed by atoms with Gasteiger partial charge < -0.3 is 9.80 Å². The van der Waals surface area contributed by atoms with Gasteiger partial charge in [-0.2, -0.15) is 0 Å². The largest absolute Gasteiger partial charge is 0.356 e. The molecule has 0 atom stereocenters. The molecule has 1 aliphatic heterocycles. The van der Waals surface area contributed by atoms with Crippen LogP contribution in [0.25, 0.3) is 0 Å². The van der Waals surface area contributed by atoms with Crippen LogP contribution < -0.4 is 4.90 Å². The molecule has 2 aromatic heterocycles. The average molecular weight is 311 g/mol. The highest BCUT2D eigenvalue weighted by molar-refractivity contribution is 5.36. The summed E-state index contributed by atoms with van der Waals surface area (Å²) in [4.78, 5) is 17.8. The third-order valence-electron chi connectivity index (χ3n) is 4.66. The van der Waals surface area contributed by atoms with Crippen LogP contribution in [0.2, 0.25) is 0 Å². The molecule has 1 saturated heterocycles. The first-order valence-electron chi connectivity index (χ1n) is 8.36. The van der Waals surface area contributed by atoms with E-state index in [4.69, 9.17) is 0 Å². The molecule has 3 heterocycles. The summed E-state index contributed by atoms with van der Waals surface area (Å²) < 4.78 is 0. The molecule has 3 rings (SSSR count). The summed E-state index contributed by atoms with van der Waals surface area (Å²) in [5.41, 5.74) is 2.30. The number of hydrogen-bond donors (Lipinski definition) is 0. The summed E-state index contributed by atoms with van der Waals surface area (Å²) in [7, 11) is 2.14. The minimum atomic E-state index is 0.568. The quantitative estimate of drug-likeness (QED) is 0.848. The maximum atomic E-state index is 4.59. The van der Waals surface area contributed by atoms with E-state index in [0.29, 0.717) is 6.04 Å². The van der Waals surface area contributed by atoms with Crippen LogP contribution in [0.4, 0.5) is 5.82 Å². The molecule has 0 amide bonds. The van der Waals surface area contributed by atoms with Gasteiger partial charge in [-0.25, -0.2) is 9.97 Å². The van der Waals surface area contributed by atoms with Crippen molar-refractivity contribution < 1.29 is 0 Å². The van der Waals surface area contributed by atoms with Gasteiger partial charge in [-0.3, -0.25) is 4.98 Å². The molecule has 0 aromatic carbocycles. The Morgan fingerprint density at radius 3 is 2.74 bits per heavy atom. The minimum absolute atomic E-state index is 0.568. The topological polar surface area (TPSA) is 45.2 Å². The van der Waals surface area contributed by atoms with Crippen LogP contribution in [-0.2, 0) is 6.42 Å². The van der Waals surface area contributed by atoms with E-state index in [0.717, 1.165) is 37.6 Å². The van der Waals surface area contributed by atoms with Crippen LogP contribution in [-0.4, -0.2) is 52.6 Å². The van der Waals surface area contributed by atoms with Crippen molar-refractivity contribution in [3.63, 3.8) is 0 Å². The van der Waals surface area contributed by atoms with Gasteiger partial charge in [0.25, 0.3) is 0 Å². The smallest absolute Gasteiger partial charge is 0.131 e. The number of aromatic nitrogens is 3. The highest BCUT2D eigenvalue weighted by Gasteiger charge is 2.23. The predicted octanol–water partition coefficient (Wildman–Crippen LogP) is 2.32. The summed E-state index contributed by atoms with van der Waals surface area (Å²) in [6, 6.07) is 8.83. The first kappa shape index (κ1) is 15.9. The standard InChI is InChI=1S/C18H25N5/c1-15-4-3-5-16(21-15)7-11-23-12-8-17(9-13-23)22(2)18-6-10-19-14-20-18/h3-6,10,14,17H,7-9,11-13H2,1-2H3. The van der Waals surface area contributed by atoms with Gasteiger partial charge in [-0.05, 0) is 38.0 Å². The predicted molar refractivity (Wildman–Crippen MR) is 92.6 cm³/mol. The van der Waals surface area contributed by atoms with Crippen LogP contribution in [0, 0.1) is 6.92 Å². The molecule has 1 aliphatic rings. The van der Waals surface area contributed by atoms with Crippen LogP contribution in [0.3, 0.4) is 0 Å². The monoisotopic (exact) mass is 311 g/mol. The van der Waals surface area contributed by atoms with E-state index in [1.807, 2.05) is 12.3 Å². The number of rotatable bonds is 5. The van der Waals surface area contributed by atoms with Crippen molar-refractivity contribution >= 4 is 5.82 Å². The molecule has 1 fully saturated rings. The molecule has 23 heavy (non-hydrogen) atoms. The lowest BCUT2D eigenvalue weighted by Crippen LogP contribution is -2.44. The van der Waals surface area contributed by atoms with E-state index in [2.05, 4.69) is 56.9 Å². The number of likely N-dealkylation sites (tertiary alicyclic amines) is 1. The highest BCUT2D eigenvalue weighted by Crippen LogP contribution is 2.20. The lowest BCUT2D eigenvalue weighted by atomic mass is 10.0. The van der Waals surface area contributed by atoms with E-state index in [9.17, 15) is 0 Å². The van der Waals surface area contributed by atoms with E-state index in [1.54, 1.807) is 6.33 Å². The SMILES string of the molecule is Cc1cccc(CCN2CCC(N(C)c3ccncn3)CC2)n1. The zero-order chi connectivity index (χ0) is 16.1. The summed E-state index contributed by atoms with van der Waals surface area (Å²) in [5, 5.41) is 0. The number of hydrogen-bond acceptors (Lipinski definition) is 5. The van der Waals surface area contributed by atoms with E-state index in [1.165, 1.54) is 18.5 Å². The lowest BCUT2D eigenvalue weighted by molar-refractivity contribution is 0.212. The first-order valence-corrected chi connectivity index (χ1v) is 8.36. The number of anilines is 1. The number of piperidine rings is 1. The van der Waals surface area contributed by atoms with Crippen LogP contribution in [0.1, 0.15) is 24.2 Å². The Morgan fingerprint density at radius 1 is 1.22 bits per heavy atom. The van der Waals surface area contributed by atoms with Gasteiger partial charge in [0.15, 0.2) is 0 Å². The second-order valence-electron chi connectivity index (χ2n) is 6.27. The molecule has 0 saturated carbocycles. The molecule has 0 unspecified atom stereocenters. The number of pyridine rings is 1. The second-order valence-corrected chi connectivity index (χ2v) is 6.27. The molecule has 5 nitrogen and oxygen atoms in total. The van der Waals surface area contributed by atoms with Gasteiger partial charge in [0.1, 0.15) is 12.1 Å². The van der Waals surface area contributed by atoms with Crippen molar-refractivity contribution in [1.82, 2.24) is 19.9 Å². The summed E-state index contributed by atoms with van der Waals surface area (Å²) in [5.74, 6) is 1.02. The molecule has 5 heteroatoms. The van der Waals surface area contributed by atoms with Gasteiger partial charge >= 0.3 is 0 Å². The number of aryl methyl sites for hydroxylation is 1. The molecular formula is C18H25N5. The maximum Gasteiger partial charge on any atom is 0.131 e. The third kappa shape index (κ3) is 4.26. The molecule has 0 N–H and O–H groups in total. The Bertz CT molecular complexity index is 608. The van der Waals surface area contributed by atoms with Crippen molar-refractivity contribution in [3.8, 4) is 0 Å². The fourth-order valence-electron chi connectivity index (χ4n) is 3.22. The fraction of sp³-hybridized carbons (Fsp3) is 0.500. The lowest BCUT2D eigenvalue weighted by Gasteiger charge is -2.37. The average Bonchev–Trinajstić information content (AvgIpc) is 2.61. The Hall–Kier alpha value is -2.01. The zero-order valence-electron chi connectivity index (χ0n) is 14.0. The van der Waals surface area contributed by atoms with E-state index in [-0.39, 0.29) is 0 Å². The Balaban J connectivity index is 1.47. The summed E-state index contributed by atoms with van der Waals surface area (Å²) in [6.07, 6.45) is 6.83. The maximum absolute atomic E-state index is 4.59. The van der Waals surface area contributed by atoms with Gasteiger partial charge in [0.05, 0.1) is 0 Å². The van der Waals surface area contributed by atoms with Crippen molar-refractivity contribution in [3.05, 3.63) is 48.2 Å². The van der Waals surface area contributed by atoms with Gasteiger partial charge in [-0.1, -0.05) is 6.07 Å². The van der Waals surface area contributed by atoms with Gasteiger partial charge in [-0.15, -0.1) is 0 Å². The molecule has 122 valence electrons. The van der Waals surface area contributed by atoms with Gasteiger partial charge in [0.2, 0.25) is 0 Å². The molecule has 0 aliphatic carbocycles.